The van der Waals surface area contributed by atoms with Crippen LogP contribution in [0.3, 0.4) is 0 Å². The van der Waals surface area contributed by atoms with E-state index >= 15 is 0 Å². The molecule has 1 saturated carbocycles. The maximum Gasteiger partial charge on any atom is 0.437 e. The van der Waals surface area contributed by atoms with E-state index < -0.39 is 5.76 Å². The lowest BCUT2D eigenvalue weighted by molar-refractivity contribution is 0.401. The van der Waals surface area contributed by atoms with Crippen LogP contribution in [0.2, 0.25) is 5.02 Å². The Morgan fingerprint density at radius 1 is 1.20 bits per heavy atom. The van der Waals surface area contributed by atoms with Crippen molar-refractivity contribution in [2.24, 2.45) is 7.05 Å². The third-order valence-corrected chi connectivity index (χ3v) is 5.92. The van der Waals surface area contributed by atoms with Gasteiger partial charge in [-0.1, -0.05) is 23.7 Å². The number of hydrogen-bond donors (Lipinski definition) is 0. The van der Waals surface area contributed by atoms with Gasteiger partial charge in [0.15, 0.2) is 11.2 Å². The van der Waals surface area contributed by atoms with Gasteiger partial charge >= 0.3 is 5.76 Å². The molecule has 1 aromatic carbocycles. The van der Waals surface area contributed by atoms with Crippen molar-refractivity contribution in [2.75, 3.05) is 0 Å². The standard InChI is InChI=1S/C20H19ClN6O3/c1-25-10-22-18-17(25)19(28)26(11-23-18)9-16-24-27(20(29)30-16)15-6-5-13(8-15)12-3-2-4-14(21)7-12/h2-4,7,10-11,13,15H,5-6,8-9H2,1H3/t13-,15-/m1/s1. The average molecular weight is 427 g/mol. The Hall–Kier alpha value is -3.20. The molecule has 1 aliphatic carbocycles. The number of benzene rings is 1. The molecule has 5 rings (SSSR count). The van der Waals surface area contributed by atoms with Gasteiger partial charge in [-0.05, 0) is 42.9 Å². The number of fused-ring (bicyclic) bond motifs is 1. The number of imidazole rings is 1. The Balaban J connectivity index is 1.38. The van der Waals surface area contributed by atoms with Crippen LogP contribution in [0.5, 0.6) is 0 Å². The molecule has 0 amide bonds. The van der Waals surface area contributed by atoms with Gasteiger partial charge in [-0.2, -0.15) is 4.68 Å². The number of aryl methyl sites for hydroxylation is 1. The van der Waals surface area contributed by atoms with E-state index in [0.717, 1.165) is 19.3 Å². The normalized spacial score (nSPS) is 19.0. The van der Waals surface area contributed by atoms with E-state index in [9.17, 15) is 9.59 Å². The largest absolute Gasteiger partial charge is 0.437 e. The van der Waals surface area contributed by atoms with Crippen LogP contribution in [0.1, 0.15) is 42.7 Å². The minimum Gasteiger partial charge on any atom is -0.390 e. The van der Waals surface area contributed by atoms with Gasteiger partial charge in [-0.15, -0.1) is 5.10 Å². The zero-order chi connectivity index (χ0) is 20.8. The maximum atomic E-state index is 12.7. The molecule has 0 bridgehead atoms. The smallest absolute Gasteiger partial charge is 0.390 e. The molecule has 4 aromatic rings. The minimum atomic E-state index is -0.510. The lowest BCUT2D eigenvalue weighted by Gasteiger charge is -2.11. The summed E-state index contributed by atoms with van der Waals surface area (Å²) in [6.07, 6.45) is 5.48. The molecule has 0 unspecified atom stereocenters. The van der Waals surface area contributed by atoms with Crippen LogP contribution in [0.25, 0.3) is 11.2 Å². The van der Waals surface area contributed by atoms with Crippen molar-refractivity contribution in [1.29, 1.82) is 0 Å². The Bertz CT molecular complexity index is 1350. The summed E-state index contributed by atoms with van der Waals surface area (Å²) in [5, 5.41) is 5.08. The van der Waals surface area contributed by atoms with Crippen LogP contribution in [-0.2, 0) is 13.6 Å². The molecule has 1 fully saturated rings. The summed E-state index contributed by atoms with van der Waals surface area (Å²) in [7, 11) is 1.73. The zero-order valence-electron chi connectivity index (χ0n) is 16.2. The van der Waals surface area contributed by atoms with Gasteiger partial charge in [-0.25, -0.2) is 14.8 Å². The molecular weight excluding hydrogens is 408 g/mol. The molecule has 0 N–H and O–H groups in total. The van der Waals surface area contributed by atoms with Crippen molar-refractivity contribution in [2.45, 2.75) is 37.8 Å². The highest BCUT2D eigenvalue weighted by atomic mass is 35.5. The van der Waals surface area contributed by atoms with Crippen molar-refractivity contribution in [3.8, 4) is 0 Å². The summed E-state index contributed by atoms with van der Waals surface area (Å²) in [5.74, 6) is -0.0131. The monoisotopic (exact) mass is 426 g/mol. The quantitative estimate of drug-likeness (QED) is 0.497. The van der Waals surface area contributed by atoms with E-state index in [1.165, 1.54) is 27.5 Å². The van der Waals surface area contributed by atoms with E-state index in [2.05, 4.69) is 21.1 Å². The van der Waals surface area contributed by atoms with Crippen LogP contribution in [0.4, 0.5) is 0 Å². The van der Waals surface area contributed by atoms with Crippen LogP contribution in [0, 0.1) is 0 Å². The van der Waals surface area contributed by atoms with Gasteiger partial charge in [-0.3, -0.25) is 9.36 Å². The summed E-state index contributed by atoms with van der Waals surface area (Å²) in [5.41, 5.74) is 1.67. The first-order valence-electron chi connectivity index (χ1n) is 9.70. The fourth-order valence-electron chi connectivity index (χ4n) is 4.20. The first-order chi connectivity index (χ1) is 14.5. The van der Waals surface area contributed by atoms with Crippen molar-refractivity contribution >= 4 is 22.8 Å². The van der Waals surface area contributed by atoms with E-state index in [1.807, 2.05) is 18.2 Å². The van der Waals surface area contributed by atoms with Gasteiger partial charge in [0, 0.05) is 12.1 Å². The topological polar surface area (TPSA) is 101 Å². The predicted octanol–water partition coefficient (Wildman–Crippen LogP) is 2.49. The van der Waals surface area contributed by atoms with E-state index in [0.29, 0.717) is 22.1 Å². The summed E-state index contributed by atoms with van der Waals surface area (Å²) in [6, 6.07) is 7.78. The van der Waals surface area contributed by atoms with Gasteiger partial charge in [0.1, 0.15) is 12.9 Å². The van der Waals surface area contributed by atoms with Gasteiger partial charge in [0.2, 0.25) is 5.89 Å². The highest BCUT2D eigenvalue weighted by Crippen LogP contribution is 2.40. The molecule has 10 heteroatoms. The molecule has 0 aliphatic heterocycles. The minimum absolute atomic E-state index is 0.0274. The second kappa shape index (κ2) is 7.24. The summed E-state index contributed by atoms with van der Waals surface area (Å²) < 4.78 is 9.72. The molecule has 0 spiro atoms. The Kier molecular flexibility index (Phi) is 4.54. The molecule has 154 valence electrons. The molecule has 30 heavy (non-hydrogen) atoms. The lowest BCUT2D eigenvalue weighted by atomic mass is 9.98. The van der Waals surface area contributed by atoms with Gasteiger partial charge in [0.25, 0.3) is 5.56 Å². The number of hydrogen-bond acceptors (Lipinski definition) is 6. The van der Waals surface area contributed by atoms with Crippen molar-refractivity contribution in [3.05, 3.63) is 74.3 Å². The molecular formula is C20H19ClN6O3. The maximum absolute atomic E-state index is 12.7. The third kappa shape index (κ3) is 3.24. The number of aromatic nitrogens is 6. The molecule has 3 heterocycles. The Morgan fingerprint density at radius 2 is 2.03 bits per heavy atom. The molecule has 0 saturated heterocycles. The SMILES string of the molecule is Cn1cnc2ncn(Cc3nn([C@@H]4CC[C@@H](c5cccc(Cl)c5)C4)c(=O)o3)c(=O)c21. The average Bonchev–Trinajstić information content (AvgIpc) is 3.43. The van der Waals surface area contributed by atoms with E-state index in [1.54, 1.807) is 11.6 Å². The molecule has 9 nitrogen and oxygen atoms in total. The highest BCUT2D eigenvalue weighted by Gasteiger charge is 2.30. The Labute approximate surface area is 175 Å². The first-order valence-corrected chi connectivity index (χ1v) is 10.1. The van der Waals surface area contributed by atoms with Crippen LogP contribution in [0.15, 0.2) is 50.9 Å². The number of rotatable bonds is 4. The van der Waals surface area contributed by atoms with Gasteiger partial charge in [0.05, 0.1) is 12.4 Å². The highest BCUT2D eigenvalue weighted by molar-refractivity contribution is 6.30. The molecule has 1 aliphatic rings. The van der Waals surface area contributed by atoms with Crippen LogP contribution < -0.4 is 11.3 Å². The Morgan fingerprint density at radius 3 is 2.87 bits per heavy atom. The van der Waals surface area contributed by atoms with Gasteiger partial charge < -0.3 is 8.98 Å². The number of nitrogens with zero attached hydrogens (tertiary/aromatic N) is 6. The fourth-order valence-corrected chi connectivity index (χ4v) is 4.40. The first kappa shape index (κ1) is 18.8. The molecule has 2 atom stereocenters. The van der Waals surface area contributed by atoms with Crippen molar-refractivity contribution < 1.29 is 4.42 Å². The summed E-state index contributed by atoms with van der Waals surface area (Å²) in [4.78, 5) is 33.4. The lowest BCUT2D eigenvalue weighted by Crippen LogP contribution is -2.23. The summed E-state index contributed by atoms with van der Waals surface area (Å²) >= 11 is 6.11. The third-order valence-electron chi connectivity index (χ3n) is 5.69. The molecule has 0 radical (unpaired) electrons. The molecule has 3 aromatic heterocycles. The predicted molar refractivity (Wildman–Crippen MR) is 110 cm³/mol. The summed E-state index contributed by atoms with van der Waals surface area (Å²) in [6.45, 7) is 0.0274. The van der Waals surface area contributed by atoms with Crippen molar-refractivity contribution in [3.63, 3.8) is 0 Å². The van der Waals surface area contributed by atoms with Crippen molar-refractivity contribution in [1.82, 2.24) is 28.9 Å². The van der Waals surface area contributed by atoms with E-state index in [-0.39, 0.29) is 24.0 Å². The number of halogens is 1. The van der Waals surface area contributed by atoms with Crippen LogP contribution >= 0.6 is 11.6 Å². The van der Waals surface area contributed by atoms with Crippen LogP contribution in [-0.4, -0.2) is 28.9 Å². The fraction of sp³-hybridized carbons (Fsp3) is 0.350. The van der Waals surface area contributed by atoms with E-state index in [4.69, 9.17) is 16.0 Å². The zero-order valence-corrected chi connectivity index (χ0v) is 17.0. The second-order valence-corrected chi connectivity index (χ2v) is 8.07. The second-order valence-electron chi connectivity index (χ2n) is 7.63.